The Labute approximate surface area is 124 Å². The standard InChI is InChI=1S/C17H16O2S/c1-19-17-5-3-2-4-15(17)16(18)11-10-13-6-8-14(12-20)9-7-13/h2-9,12H,10-11H2,1H3. The Kier molecular flexibility index (Phi) is 5.02. The number of hydrogen-bond donors (Lipinski definition) is 0. The van der Waals surface area contributed by atoms with E-state index in [1.54, 1.807) is 24.6 Å². The summed E-state index contributed by atoms with van der Waals surface area (Å²) in [7, 11) is 1.58. The number of thiocarbonyl (C=S) groups is 1. The Morgan fingerprint density at radius 3 is 2.50 bits per heavy atom. The maximum Gasteiger partial charge on any atom is 0.166 e. The van der Waals surface area contributed by atoms with E-state index in [4.69, 9.17) is 17.0 Å². The lowest BCUT2D eigenvalue weighted by Gasteiger charge is -2.07. The Morgan fingerprint density at radius 1 is 1.15 bits per heavy atom. The summed E-state index contributed by atoms with van der Waals surface area (Å²) in [6.45, 7) is 0. The van der Waals surface area contributed by atoms with Crippen LogP contribution in [-0.4, -0.2) is 18.3 Å². The highest BCUT2D eigenvalue weighted by Crippen LogP contribution is 2.19. The van der Waals surface area contributed by atoms with Gasteiger partial charge in [0.05, 0.1) is 12.7 Å². The van der Waals surface area contributed by atoms with Gasteiger partial charge in [0.1, 0.15) is 5.75 Å². The molecule has 0 N–H and O–H groups in total. The van der Waals surface area contributed by atoms with Crippen LogP contribution in [0.25, 0.3) is 0 Å². The van der Waals surface area contributed by atoms with Crippen LogP contribution in [0.15, 0.2) is 48.5 Å². The number of rotatable bonds is 6. The number of ketones is 1. The van der Waals surface area contributed by atoms with Crippen molar-refractivity contribution in [3.05, 3.63) is 65.2 Å². The second-order valence-electron chi connectivity index (χ2n) is 4.48. The molecule has 0 aliphatic carbocycles. The molecule has 0 radical (unpaired) electrons. The molecule has 0 spiro atoms. The van der Waals surface area contributed by atoms with Crippen LogP contribution >= 0.6 is 12.2 Å². The van der Waals surface area contributed by atoms with Crippen molar-refractivity contribution < 1.29 is 9.53 Å². The molecular formula is C17H16O2S. The second kappa shape index (κ2) is 6.96. The topological polar surface area (TPSA) is 26.3 Å². The number of aryl methyl sites for hydroxylation is 1. The molecule has 2 nitrogen and oxygen atoms in total. The zero-order valence-corrected chi connectivity index (χ0v) is 12.2. The van der Waals surface area contributed by atoms with Crippen LogP contribution in [0.2, 0.25) is 0 Å². The van der Waals surface area contributed by atoms with Gasteiger partial charge < -0.3 is 4.74 Å². The third kappa shape index (κ3) is 3.52. The largest absolute Gasteiger partial charge is 0.496 e. The third-order valence-electron chi connectivity index (χ3n) is 3.16. The highest BCUT2D eigenvalue weighted by atomic mass is 32.1. The van der Waals surface area contributed by atoms with E-state index in [-0.39, 0.29) is 5.78 Å². The van der Waals surface area contributed by atoms with Gasteiger partial charge in [-0.2, -0.15) is 0 Å². The van der Waals surface area contributed by atoms with E-state index in [1.807, 2.05) is 36.4 Å². The maximum absolute atomic E-state index is 12.2. The number of ether oxygens (including phenoxy) is 1. The van der Waals surface area contributed by atoms with E-state index in [0.717, 1.165) is 11.1 Å². The van der Waals surface area contributed by atoms with E-state index in [1.165, 1.54) is 0 Å². The average molecular weight is 284 g/mol. The fraction of sp³-hybridized carbons (Fsp3) is 0.176. The Bertz CT molecular complexity index is 603. The molecule has 0 saturated heterocycles. The summed E-state index contributed by atoms with van der Waals surface area (Å²) >= 11 is 4.87. The summed E-state index contributed by atoms with van der Waals surface area (Å²) in [4.78, 5) is 12.2. The molecule has 0 fully saturated rings. The number of benzene rings is 2. The lowest BCUT2D eigenvalue weighted by atomic mass is 10.0. The molecule has 0 unspecified atom stereocenters. The summed E-state index contributed by atoms with van der Waals surface area (Å²) < 4.78 is 5.21. The van der Waals surface area contributed by atoms with Crippen LogP contribution in [0.4, 0.5) is 0 Å². The molecule has 0 aliphatic heterocycles. The predicted molar refractivity (Wildman–Crippen MR) is 84.8 cm³/mol. The van der Waals surface area contributed by atoms with Gasteiger partial charge in [0.25, 0.3) is 0 Å². The molecule has 0 saturated carbocycles. The van der Waals surface area contributed by atoms with Crippen LogP contribution in [0.3, 0.4) is 0 Å². The van der Waals surface area contributed by atoms with Crippen LogP contribution in [-0.2, 0) is 6.42 Å². The van der Waals surface area contributed by atoms with E-state index in [2.05, 4.69) is 0 Å². The van der Waals surface area contributed by atoms with Gasteiger partial charge in [-0.25, -0.2) is 0 Å². The first-order valence-electron chi connectivity index (χ1n) is 6.45. The van der Waals surface area contributed by atoms with Crippen molar-refractivity contribution in [3.8, 4) is 5.75 Å². The Hall–Kier alpha value is -2.00. The molecular weight excluding hydrogens is 268 g/mol. The fourth-order valence-corrected chi connectivity index (χ4v) is 2.19. The molecule has 0 atom stereocenters. The zero-order chi connectivity index (χ0) is 14.4. The fourth-order valence-electron chi connectivity index (χ4n) is 2.03. The summed E-state index contributed by atoms with van der Waals surface area (Å²) in [6.07, 6.45) is 1.19. The Balaban J connectivity index is 2.02. The third-order valence-corrected chi connectivity index (χ3v) is 3.44. The van der Waals surface area contributed by atoms with Gasteiger partial charge in [-0.3, -0.25) is 4.79 Å². The molecule has 2 aromatic rings. The molecule has 3 heteroatoms. The van der Waals surface area contributed by atoms with Crippen LogP contribution in [0.1, 0.15) is 27.9 Å². The van der Waals surface area contributed by atoms with Crippen molar-refractivity contribution >= 4 is 23.4 Å². The van der Waals surface area contributed by atoms with Gasteiger partial charge in [-0.1, -0.05) is 48.6 Å². The molecule has 0 amide bonds. The summed E-state index contributed by atoms with van der Waals surface area (Å²) in [6, 6.07) is 15.3. The molecule has 102 valence electrons. The minimum atomic E-state index is 0.0985. The van der Waals surface area contributed by atoms with E-state index in [0.29, 0.717) is 24.2 Å². The SMILES string of the molecule is COc1ccccc1C(=O)CCc1ccc(C=S)cc1. The minimum Gasteiger partial charge on any atom is -0.496 e. The van der Waals surface area contributed by atoms with E-state index < -0.39 is 0 Å². The molecule has 0 aromatic heterocycles. The van der Waals surface area contributed by atoms with Gasteiger partial charge in [-0.05, 0) is 29.7 Å². The van der Waals surface area contributed by atoms with Crippen molar-refractivity contribution in [3.63, 3.8) is 0 Å². The first-order chi connectivity index (χ1) is 9.74. The van der Waals surface area contributed by atoms with Gasteiger partial charge in [-0.15, -0.1) is 0 Å². The van der Waals surface area contributed by atoms with E-state index >= 15 is 0 Å². The monoisotopic (exact) mass is 284 g/mol. The highest BCUT2D eigenvalue weighted by Gasteiger charge is 2.11. The van der Waals surface area contributed by atoms with Gasteiger partial charge >= 0.3 is 0 Å². The van der Waals surface area contributed by atoms with Gasteiger partial charge in [0.2, 0.25) is 0 Å². The van der Waals surface area contributed by atoms with Crippen LogP contribution in [0, 0.1) is 0 Å². The molecule has 2 rings (SSSR count). The van der Waals surface area contributed by atoms with Crippen molar-refractivity contribution in [2.24, 2.45) is 0 Å². The lowest BCUT2D eigenvalue weighted by molar-refractivity contribution is 0.0980. The number of hydrogen-bond acceptors (Lipinski definition) is 3. The molecule has 2 aromatic carbocycles. The summed E-state index contributed by atoms with van der Waals surface area (Å²) in [5.41, 5.74) is 2.79. The van der Waals surface area contributed by atoms with Crippen molar-refractivity contribution in [1.29, 1.82) is 0 Å². The first kappa shape index (κ1) is 14.4. The number of methoxy groups -OCH3 is 1. The van der Waals surface area contributed by atoms with Crippen LogP contribution < -0.4 is 4.74 Å². The molecule has 0 bridgehead atoms. The summed E-state index contributed by atoms with van der Waals surface area (Å²) in [5.74, 6) is 0.731. The highest BCUT2D eigenvalue weighted by molar-refractivity contribution is 7.79. The number of carbonyl (C=O) groups is 1. The summed E-state index contributed by atoms with van der Waals surface area (Å²) in [5, 5.41) is 1.64. The average Bonchev–Trinajstić information content (AvgIpc) is 2.53. The Morgan fingerprint density at radius 2 is 1.85 bits per heavy atom. The second-order valence-corrected chi connectivity index (χ2v) is 4.72. The number of para-hydroxylation sites is 1. The smallest absolute Gasteiger partial charge is 0.166 e. The zero-order valence-electron chi connectivity index (χ0n) is 11.3. The molecule has 20 heavy (non-hydrogen) atoms. The number of Topliss-reactive ketones (excluding diaryl/α,β-unsaturated/α-hetero) is 1. The predicted octanol–water partition coefficient (Wildman–Crippen LogP) is 3.86. The lowest BCUT2D eigenvalue weighted by Crippen LogP contribution is -2.03. The minimum absolute atomic E-state index is 0.0985. The van der Waals surface area contributed by atoms with E-state index in [9.17, 15) is 4.79 Å². The van der Waals surface area contributed by atoms with Crippen molar-refractivity contribution in [1.82, 2.24) is 0 Å². The quantitative estimate of drug-likeness (QED) is 0.595. The van der Waals surface area contributed by atoms with Crippen molar-refractivity contribution in [2.45, 2.75) is 12.8 Å². The maximum atomic E-state index is 12.2. The van der Waals surface area contributed by atoms with Crippen LogP contribution in [0.5, 0.6) is 5.75 Å². The first-order valence-corrected chi connectivity index (χ1v) is 6.92. The molecule has 0 aliphatic rings. The number of carbonyl (C=O) groups excluding carboxylic acids is 1. The molecule has 0 heterocycles. The van der Waals surface area contributed by atoms with Gasteiger partial charge in [0, 0.05) is 11.8 Å². The van der Waals surface area contributed by atoms with Gasteiger partial charge in [0.15, 0.2) is 5.78 Å². The van der Waals surface area contributed by atoms with Crippen molar-refractivity contribution in [2.75, 3.05) is 7.11 Å². The normalized spacial score (nSPS) is 10.1.